The van der Waals surface area contributed by atoms with E-state index in [1.165, 1.54) is 5.56 Å². The highest BCUT2D eigenvalue weighted by Crippen LogP contribution is 2.47. The molecule has 4 nitrogen and oxygen atoms in total. The molecule has 1 aliphatic carbocycles. The summed E-state index contributed by atoms with van der Waals surface area (Å²) in [6.45, 7) is 3.97. The van der Waals surface area contributed by atoms with Gasteiger partial charge in [0.05, 0.1) is 19.3 Å². The minimum atomic E-state index is -0.387. The van der Waals surface area contributed by atoms with E-state index in [9.17, 15) is 4.79 Å². The average molecular weight is 315 g/mol. The Balaban J connectivity index is 1.58. The first-order valence-corrected chi connectivity index (χ1v) is 8.75. The van der Waals surface area contributed by atoms with Gasteiger partial charge in [-0.3, -0.25) is 9.69 Å². The topological polar surface area (TPSA) is 38.8 Å². The summed E-state index contributed by atoms with van der Waals surface area (Å²) in [5.74, 6) is 0.491. The molecule has 3 atom stereocenters. The lowest BCUT2D eigenvalue weighted by Crippen LogP contribution is -2.48. The van der Waals surface area contributed by atoms with Crippen LogP contribution in [0.25, 0.3) is 0 Å². The zero-order valence-electron chi connectivity index (χ0n) is 13.7. The van der Waals surface area contributed by atoms with Crippen molar-refractivity contribution in [3.8, 4) is 0 Å². The molecule has 0 aromatic heterocycles. The van der Waals surface area contributed by atoms with Gasteiger partial charge in [0.1, 0.15) is 5.78 Å². The SMILES string of the molecule is CC(=O)[C@@H]1C[C@H]2CCC3(C[C@H]2N1Cc1ccccc1)OCCO3. The van der Waals surface area contributed by atoms with Gasteiger partial charge in [-0.25, -0.2) is 0 Å². The molecule has 3 fully saturated rings. The van der Waals surface area contributed by atoms with Gasteiger partial charge < -0.3 is 9.47 Å². The van der Waals surface area contributed by atoms with Crippen molar-refractivity contribution in [2.24, 2.45) is 5.92 Å². The van der Waals surface area contributed by atoms with Crippen LogP contribution >= 0.6 is 0 Å². The van der Waals surface area contributed by atoms with E-state index in [1.807, 2.05) is 6.07 Å². The van der Waals surface area contributed by atoms with Crippen molar-refractivity contribution < 1.29 is 14.3 Å². The minimum Gasteiger partial charge on any atom is -0.347 e. The normalized spacial score (nSPS) is 33.0. The molecular weight excluding hydrogens is 290 g/mol. The standard InChI is InChI=1S/C19H25NO3/c1-14(21)17-11-16-7-8-19(22-9-10-23-19)12-18(16)20(17)13-15-5-3-2-4-6-15/h2-6,16-18H,7-13H2,1H3/t16-,17+,18-/m1/s1. The van der Waals surface area contributed by atoms with Gasteiger partial charge >= 0.3 is 0 Å². The number of hydrogen-bond acceptors (Lipinski definition) is 4. The maximum atomic E-state index is 12.2. The van der Waals surface area contributed by atoms with E-state index < -0.39 is 0 Å². The zero-order chi connectivity index (χ0) is 15.9. The number of nitrogens with zero attached hydrogens (tertiary/aromatic N) is 1. The van der Waals surface area contributed by atoms with Gasteiger partial charge in [0.25, 0.3) is 0 Å². The monoisotopic (exact) mass is 315 g/mol. The molecule has 4 heteroatoms. The second kappa shape index (κ2) is 6.00. The van der Waals surface area contributed by atoms with Crippen molar-refractivity contribution in [3.05, 3.63) is 35.9 Å². The summed E-state index contributed by atoms with van der Waals surface area (Å²) in [7, 11) is 0. The summed E-state index contributed by atoms with van der Waals surface area (Å²) in [6, 6.07) is 10.9. The summed E-state index contributed by atoms with van der Waals surface area (Å²) < 4.78 is 11.9. The predicted octanol–water partition coefficient (Wildman–Crippen LogP) is 2.76. The predicted molar refractivity (Wildman–Crippen MR) is 86.8 cm³/mol. The molecule has 2 heterocycles. The number of Topliss-reactive ketones (excluding diaryl/α,β-unsaturated/α-hetero) is 1. The number of benzene rings is 1. The highest BCUT2D eigenvalue weighted by atomic mass is 16.7. The summed E-state index contributed by atoms with van der Waals surface area (Å²) in [6.07, 6.45) is 3.95. The maximum absolute atomic E-state index is 12.2. The number of carbonyl (C=O) groups excluding carboxylic acids is 1. The second-order valence-electron chi connectivity index (χ2n) is 7.20. The Morgan fingerprint density at radius 2 is 2.00 bits per heavy atom. The maximum Gasteiger partial charge on any atom is 0.170 e. The van der Waals surface area contributed by atoms with Crippen molar-refractivity contribution in [2.45, 2.75) is 57.0 Å². The smallest absolute Gasteiger partial charge is 0.170 e. The number of rotatable bonds is 3. The number of ether oxygens (including phenoxy) is 2. The first-order chi connectivity index (χ1) is 11.2. The molecule has 1 aromatic rings. The van der Waals surface area contributed by atoms with Crippen LogP contribution in [0.4, 0.5) is 0 Å². The van der Waals surface area contributed by atoms with Crippen molar-refractivity contribution in [1.82, 2.24) is 4.90 Å². The van der Waals surface area contributed by atoms with Crippen LogP contribution < -0.4 is 0 Å². The Bertz CT molecular complexity index is 567. The van der Waals surface area contributed by atoms with Crippen LogP contribution in [0.5, 0.6) is 0 Å². The molecule has 0 bridgehead atoms. The van der Waals surface area contributed by atoms with E-state index in [2.05, 4.69) is 29.2 Å². The fourth-order valence-corrected chi connectivity index (χ4v) is 4.68. The van der Waals surface area contributed by atoms with Gasteiger partial charge in [-0.05, 0) is 31.2 Å². The molecule has 0 N–H and O–H groups in total. The molecule has 1 saturated carbocycles. The third kappa shape index (κ3) is 2.84. The second-order valence-corrected chi connectivity index (χ2v) is 7.20. The van der Waals surface area contributed by atoms with E-state index >= 15 is 0 Å². The van der Waals surface area contributed by atoms with Crippen molar-refractivity contribution in [3.63, 3.8) is 0 Å². The molecule has 3 aliphatic rings. The molecule has 1 spiro atoms. The fourth-order valence-electron chi connectivity index (χ4n) is 4.68. The molecule has 1 aromatic carbocycles. The molecule has 2 aliphatic heterocycles. The number of hydrogen-bond donors (Lipinski definition) is 0. The Morgan fingerprint density at radius 3 is 2.70 bits per heavy atom. The minimum absolute atomic E-state index is 0.0433. The highest BCUT2D eigenvalue weighted by Gasteiger charge is 2.52. The van der Waals surface area contributed by atoms with Crippen LogP contribution in [0.3, 0.4) is 0 Å². The van der Waals surface area contributed by atoms with Crippen molar-refractivity contribution in [1.29, 1.82) is 0 Å². The van der Waals surface area contributed by atoms with Gasteiger partial charge in [-0.15, -0.1) is 0 Å². The number of ketones is 1. The van der Waals surface area contributed by atoms with Crippen LogP contribution in [0.2, 0.25) is 0 Å². The Hall–Kier alpha value is -1.23. The van der Waals surface area contributed by atoms with E-state index in [0.29, 0.717) is 25.2 Å². The fraction of sp³-hybridized carbons (Fsp3) is 0.632. The summed E-state index contributed by atoms with van der Waals surface area (Å²) in [5.41, 5.74) is 1.27. The summed E-state index contributed by atoms with van der Waals surface area (Å²) in [5, 5.41) is 0. The van der Waals surface area contributed by atoms with Crippen molar-refractivity contribution in [2.75, 3.05) is 13.2 Å². The number of fused-ring (bicyclic) bond motifs is 1. The summed E-state index contributed by atoms with van der Waals surface area (Å²) >= 11 is 0. The van der Waals surface area contributed by atoms with Gasteiger partial charge in [-0.2, -0.15) is 0 Å². The van der Waals surface area contributed by atoms with Crippen LogP contribution in [0, 0.1) is 5.92 Å². The Labute approximate surface area is 137 Å². The largest absolute Gasteiger partial charge is 0.347 e. The first-order valence-electron chi connectivity index (χ1n) is 8.75. The van der Waals surface area contributed by atoms with Crippen LogP contribution in [0.1, 0.15) is 38.2 Å². The van der Waals surface area contributed by atoms with Gasteiger partial charge in [-0.1, -0.05) is 30.3 Å². The van der Waals surface area contributed by atoms with Crippen molar-refractivity contribution >= 4 is 5.78 Å². The molecule has 23 heavy (non-hydrogen) atoms. The summed E-state index contributed by atoms with van der Waals surface area (Å²) in [4.78, 5) is 14.6. The van der Waals surface area contributed by atoms with Crippen LogP contribution in [-0.2, 0) is 20.8 Å². The number of likely N-dealkylation sites (tertiary alicyclic amines) is 1. The van der Waals surface area contributed by atoms with E-state index in [4.69, 9.17) is 9.47 Å². The molecule has 0 amide bonds. The third-order valence-corrected chi connectivity index (χ3v) is 5.80. The number of carbonyl (C=O) groups is 1. The Morgan fingerprint density at radius 1 is 1.26 bits per heavy atom. The van der Waals surface area contributed by atoms with Gasteiger partial charge in [0, 0.05) is 25.4 Å². The lowest BCUT2D eigenvalue weighted by molar-refractivity contribution is -0.193. The zero-order valence-corrected chi connectivity index (χ0v) is 13.7. The van der Waals surface area contributed by atoms with Crippen LogP contribution in [-0.4, -0.2) is 41.8 Å². The lowest BCUT2D eigenvalue weighted by atomic mass is 9.81. The first kappa shape index (κ1) is 15.3. The third-order valence-electron chi connectivity index (χ3n) is 5.80. The average Bonchev–Trinajstić information content (AvgIpc) is 3.14. The lowest BCUT2D eigenvalue weighted by Gasteiger charge is -2.41. The Kier molecular flexibility index (Phi) is 4.00. The quantitative estimate of drug-likeness (QED) is 0.860. The molecule has 0 unspecified atom stereocenters. The molecular formula is C19H25NO3. The molecule has 124 valence electrons. The molecule has 2 saturated heterocycles. The molecule has 4 rings (SSSR count). The van der Waals surface area contributed by atoms with Gasteiger partial charge in [0.2, 0.25) is 0 Å². The molecule has 0 radical (unpaired) electrons. The van der Waals surface area contributed by atoms with Gasteiger partial charge in [0.15, 0.2) is 5.79 Å². The van der Waals surface area contributed by atoms with E-state index in [1.54, 1.807) is 6.92 Å². The highest BCUT2D eigenvalue weighted by molar-refractivity contribution is 5.81. The van der Waals surface area contributed by atoms with E-state index in [0.717, 1.165) is 32.2 Å². The van der Waals surface area contributed by atoms with Crippen LogP contribution in [0.15, 0.2) is 30.3 Å². The van der Waals surface area contributed by atoms with E-state index in [-0.39, 0.29) is 17.6 Å².